The molecule has 0 radical (unpaired) electrons. The number of amides is 1. The fourth-order valence-electron chi connectivity index (χ4n) is 2.76. The van der Waals surface area contributed by atoms with Crippen molar-refractivity contribution in [3.05, 3.63) is 53.9 Å². The van der Waals surface area contributed by atoms with E-state index in [0.717, 1.165) is 24.5 Å². The van der Waals surface area contributed by atoms with Crippen molar-refractivity contribution in [1.82, 2.24) is 15.2 Å². The van der Waals surface area contributed by atoms with Gasteiger partial charge in [-0.15, -0.1) is 0 Å². The van der Waals surface area contributed by atoms with Gasteiger partial charge in [-0.05, 0) is 69.1 Å². The average molecular weight is 415 g/mol. The molecule has 1 aromatic heterocycles. The van der Waals surface area contributed by atoms with Crippen LogP contribution in [0.2, 0.25) is 0 Å². The summed E-state index contributed by atoms with van der Waals surface area (Å²) in [5, 5.41) is 5.98. The van der Waals surface area contributed by atoms with Gasteiger partial charge in [0.25, 0.3) is 5.91 Å². The van der Waals surface area contributed by atoms with Crippen molar-refractivity contribution in [2.75, 3.05) is 26.0 Å². The molecule has 6 nitrogen and oxygen atoms in total. The molecule has 0 unspecified atom stereocenters. The summed E-state index contributed by atoms with van der Waals surface area (Å²) in [7, 11) is 3.86. The summed E-state index contributed by atoms with van der Waals surface area (Å²) in [5.74, 6) is 0.546. The van der Waals surface area contributed by atoms with E-state index in [9.17, 15) is 4.79 Å². The molecule has 2 rings (SSSR count). The number of aromatic nitrogens is 1. The van der Waals surface area contributed by atoms with Gasteiger partial charge in [-0.25, -0.2) is 0 Å². The van der Waals surface area contributed by atoms with Gasteiger partial charge in [0.05, 0.1) is 17.9 Å². The molecule has 0 aliphatic heterocycles. The summed E-state index contributed by atoms with van der Waals surface area (Å²) in [4.78, 5) is 18.8. The number of ether oxygens (including phenoxy) is 1. The maximum atomic E-state index is 12.6. The maximum Gasteiger partial charge on any atom is 0.259 e. The van der Waals surface area contributed by atoms with Crippen molar-refractivity contribution in [1.29, 1.82) is 0 Å². The molecule has 2 aromatic rings. The Kier molecular flexibility index (Phi) is 9.53. The zero-order valence-corrected chi connectivity index (χ0v) is 18.2. The standard InChI is InChI=1S/C22H30N4O2S/c1-4-5-6-7-15-28-18-12-10-17(11-13-18)24-22(29)25-21(27)19-9-8-14-23-20(19)16-26(2)3/h8-14H,4-7,15-16H2,1-3H3,(H2,24,25,27,29). The number of unbranched alkanes of at least 4 members (excludes halogenated alkanes) is 3. The van der Waals surface area contributed by atoms with E-state index in [1.54, 1.807) is 18.3 Å². The SMILES string of the molecule is CCCCCCOc1ccc(NC(=S)NC(=O)c2cccnc2CN(C)C)cc1. The lowest BCUT2D eigenvalue weighted by molar-refractivity contribution is 0.0975. The van der Waals surface area contributed by atoms with Gasteiger partial charge >= 0.3 is 0 Å². The summed E-state index contributed by atoms with van der Waals surface area (Å²) >= 11 is 5.28. The number of rotatable bonds is 10. The quantitative estimate of drug-likeness (QED) is 0.448. The van der Waals surface area contributed by atoms with Crippen LogP contribution in [0.25, 0.3) is 0 Å². The number of hydrogen-bond acceptors (Lipinski definition) is 5. The minimum absolute atomic E-state index is 0.239. The highest BCUT2D eigenvalue weighted by atomic mass is 32.1. The van der Waals surface area contributed by atoms with Gasteiger partial charge in [0, 0.05) is 18.4 Å². The van der Waals surface area contributed by atoms with Gasteiger partial charge < -0.3 is 15.0 Å². The van der Waals surface area contributed by atoms with E-state index in [-0.39, 0.29) is 11.0 Å². The van der Waals surface area contributed by atoms with Crippen molar-refractivity contribution in [3.8, 4) is 5.75 Å². The Labute approximate surface area is 178 Å². The minimum atomic E-state index is -0.278. The van der Waals surface area contributed by atoms with Gasteiger partial charge in [-0.3, -0.25) is 15.1 Å². The number of benzene rings is 1. The topological polar surface area (TPSA) is 66.5 Å². The van der Waals surface area contributed by atoms with Gasteiger partial charge in [-0.2, -0.15) is 0 Å². The monoisotopic (exact) mass is 414 g/mol. The summed E-state index contributed by atoms with van der Waals surface area (Å²) in [6.45, 7) is 3.49. The van der Waals surface area contributed by atoms with Crippen molar-refractivity contribution >= 4 is 28.9 Å². The first kappa shape index (κ1) is 22.8. The Morgan fingerprint density at radius 1 is 1.14 bits per heavy atom. The van der Waals surface area contributed by atoms with Crippen LogP contribution in [0.5, 0.6) is 5.75 Å². The Hall–Kier alpha value is -2.51. The van der Waals surface area contributed by atoms with Gasteiger partial charge in [0.1, 0.15) is 5.75 Å². The molecule has 0 bridgehead atoms. The van der Waals surface area contributed by atoms with Crippen molar-refractivity contribution in [2.24, 2.45) is 0 Å². The van der Waals surface area contributed by atoms with Crippen molar-refractivity contribution < 1.29 is 9.53 Å². The normalized spacial score (nSPS) is 10.6. The zero-order valence-electron chi connectivity index (χ0n) is 17.4. The first-order valence-corrected chi connectivity index (χ1v) is 10.3. The summed E-state index contributed by atoms with van der Waals surface area (Å²) in [6.07, 6.45) is 6.39. The molecule has 0 saturated heterocycles. The lowest BCUT2D eigenvalue weighted by Crippen LogP contribution is -2.35. The number of carbonyl (C=O) groups is 1. The molecule has 2 N–H and O–H groups in total. The third-order valence-electron chi connectivity index (χ3n) is 4.21. The van der Waals surface area contributed by atoms with Crippen LogP contribution < -0.4 is 15.4 Å². The summed E-state index contributed by atoms with van der Waals surface area (Å²) in [6, 6.07) is 11.0. The Balaban J connectivity index is 1.85. The molecule has 1 heterocycles. The number of pyridine rings is 1. The second kappa shape index (κ2) is 12.1. The molecule has 0 atom stereocenters. The van der Waals surface area contributed by atoms with Gasteiger partial charge in [0.2, 0.25) is 0 Å². The number of anilines is 1. The third kappa shape index (κ3) is 8.17. The number of thiocarbonyl (C=S) groups is 1. The van der Waals surface area contributed by atoms with Gasteiger partial charge in [-0.1, -0.05) is 26.2 Å². The minimum Gasteiger partial charge on any atom is -0.494 e. The number of nitrogens with one attached hydrogen (secondary N) is 2. The molecule has 7 heteroatoms. The van der Waals surface area contributed by atoms with E-state index in [1.807, 2.05) is 43.3 Å². The van der Waals surface area contributed by atoms with Crippen molar-refractivity contribution in [3.63, 3.8) is 0 Å². The van der Waals surface area contributed by atoms with E-state index in [2.05, 4.69) is 22.5 Å². The molecule has 29 heavy (non-hydrogen) atoms. The molecule has 0 saturated carbocycles. The Bertz CT molecular complexity index is 794. The maximum absolute atomic E-state index is 12.6. The van der Waals surface area contributed by atoms with E-state index in [0.29, 0.717) is 17.8 Å². The molecule has 0 aliphatic carbocycles. The Morgan fingerprint density at radius 2 is 1.90 bits per heavy atom. The lowest BCUT2D eigenvalue weighted by atomic mass is 10.1. The van der Waals surface area contributed by atoms with Crippen LogP contribution in [0.1, 0.15) is 48.7 Å². The second-order valence-corrected chi connectivity index (χ2v) is 7.49. The lowest BCUT2D eigenvalue weighted by Gasteiger charge is -2.14. The number of nitrogens with zero attached hydrogens (tertiary/aromatic N) is 2. The summed E-state index contributed by atoms with van der Waals surface area (Å²) < 4.78 is 5.74. The fraction of sp³-hybridized carbons (Fsp3) is 0.409. The smallest absolute Gasteiger partial charge is 0.259 e. The van der Waals surface area contributed by atoms with Gasteiger partial charge in [0.15, 0.2) is 5.11 Å². The van der Waals surface area contributed by atoms with E-state index in [4.69, 9.17) is 17.0 Å². The Morgan fingerprint density at radius 3 is 2.59 bits per heavy atom. The highest BCUT2D eigenvalue weighted by Gasteiger charge is 2.14. The first-order valence-electron chi connectivity index (χ1n) is 9.93. The molecule has 0 spiro atoms. The van der Waals surface area contributed by atoms with E-state index < -0.39 is 0 Å². The highest BCUT2D eigenvalue weighted by Crippen LogP contribution is 2.16. The first-order chi connectivity index (χ1) is 14.0. The summed E-state index contributed by atoms with van der Waals surface area (Å²) in [5.41, 5.74) is 2.00. The molecular formula is C22H30N4O2S. The second-order valence-electron chi connectivity index (χ2n) is 7.08. The van der Waals surface area contributed by atoms with Crippen LogP contribution in [0.3, 0.4) is 0 Å². The predicted octanol–water partition coefficient (Wildman–Crippen LogP) is 4.23. The molecule has 0 fully saturated rings. The third-order valence-corrected chi connectivity index (χ3v) is 4.41. The molecule has 0 aliphatic rings. The van der Waals surface area contributed by atoms with E-state index in [1.165, 1.54) is 19.3 Å². The highest BCUT2D eigenvalue weighted by molar-refractivity contribution is 7.80. The van der Waals surface area contributed by atoms with Crippen molar-refractivity contribution in [2.45, 2.75) is 39.2 Å². The average Bonchev–Trinajstić information content (AvgIpc) is 2.69. The zero-order chi connectivity index (χ0) is 21.1. The number of hydrogen-bond donors (Lipinski definition) is 2. The largest absolute Gasteiger partial charge is 0.494 e. The fourth-order valence-corrected chi connectivity index (χ4v) is 2.97. The number of carbonyl (C=O) groups excluding carboxylic acids is 1. The van der Waals surface area contributed by atoms with E-state index >= 15 is 0 Å². The molecular weight excluding hydrogens is 384 g/mol. The van der Waals surface area contributed by atoms with Crippen LogP contribution in [0.4, 0.5) is 5.69 Å². The van der Waals surface area contributed by atoms with Crippen LogP contribution >= 0.6 is 12.2 Å². The van der Waals surface area contributed by atoms with Crippen LogP contribution in [0, 0.1) is 0 Å². The molecule has 156 valence electrons. The molecule has 1 amide bonds. The van der Waals surface area contributed by atoms with Crippen LogP contribution in [0.15, 0.2) is 42.6 Å². The van der Waals surface area contributed by atoms with Crippen LogP contribution in [-0.2, 0) is 6.54 Å². The predicted molar refractivity (Wildman–Crippen MR) is 121 cm³/mol. The van der Waals surface area contributed by atoms with Crippen LogP contribution in [-0.4, -0.2) is 41.6 Å². The molecule has 1 aromatic carbocycles.